The fraction of sp³-hybridized carbons (Fsp3) is 0.300. The zero-order chi connectivity index (χ0) is 18.7. The van der Waals surface area contributed by atoms with E-state index in [-0.39, 0.29) is 12.3 Å². The molecule has 0 spiro atoms. The topological polar surface area (TPSA) is 58.6 Å². The molecule has 2 aromatic carbocycles. The Hall–Kier alpha value is -2.73. The van der Waals surface area contributed by atoms with E-state index in [1.54, 1.807) is 25.2 Å². The number of para-hydroxylation sites is 1. The van der Waals surface area contributed by atoms with Crippen LogP contribution in [0, 0.1) is 11.7 Å². The molecule has 1 N–H and O–H groups in total. The molecule has 26 heavy (non-hydrogen) atoms. The number of amides is 1. The third-order valence-electron chi connectivity index (χ3n) is 4.79. The highest BCUT2D eigenvalue weighted by atomic mass is 19.1. The van der Waals surface area contributed by atoms with Gasteiger partial charge in [-0.05, 0) is 24.6 Å². The van der Waals surface area contributed by atoms with Crippen LogP contribution in [-0.4, -0.2) is 32.1 Å². The number of benzene rings is 2. The van der Waals surface area contributed by atoms with Gasteiger partial charge in [-0.3, -0.25) is 14.9 Å². The van der Waals surface area contributed by atoms with Crippen LogP contribution in [-0.2, 0) is 14.3 Å². The van der Waals surface area contributed by atoms with Crippen LogP contribution in [0.25, 0.3) is 0 Å². The number of nitrogens with one attached hydrogen (secondary N) is 1. The SMILES string of the molecule is COC(=O)C1CC(C(=O)N(C)c2ccccc2)NC1c1ccccc1F. The first kappa shape index (κ1) is 18.1. The van der Waals surface area contributed by atoms with E-state index < -0.39 is 29.8 Å². The van der Waals surface area contributed by atoms with Crippen molar-refractivity contribution in [2.24, 2.45) is 5.92 Å². The zero-order valence-corrected chi connectivity index (χ0v) is 14.7. The summed E-state index contributed by atoms with van der Waals surface area (Å²) in [6.07, 6.45) is 0.252. The fourth-order valence-electron chi connectivity index (χ4n) is 3.39. The maximum atomic E-state index is 14.2. The monoisotopic (exact) mass is 356 g/mol. The van der Waals surface area contributed by atoms with Crippen molar-refractivity contribution >= 4 is 17.6 Å². The molecule has 0 bridgehead atoms. The Kier molecular flexibility index (Phi) is 5.32. The minimum atomic E-state index is -0.630. The summed E-state index contributed by atoms with van der Waals surface area (Å²) in [5, 5.41) is 3.13. The summed E-state index contributed by atoms with van der Waals surface area (Å²) in [5.74, 6) is -1.68. The van der Waals surface area contributed by atoms with E-state index in [0.717, 1.165) is 5.69 Å². The average molecular weight is 356 g/mol. The minimum absolute atomic E-state index is 0.177. The molecule has 1 saturated heterocycles. The van der Waals surface area contributed by atoms with Gasteiger partial charge in [0.15, 0.2) is 0 Å². The first-order chi connectivity index (χ1) is 12.5. The Morgan fingerprint density at radius 2 is 1.77 bits per heavy atom. The summed E-state index contributed by atoms with van der Waals surface area (Å²) in [5.41, 5.74) is 1.11. The van der Waals surface area contributed by atoms with Gasteiger partial charge in [-0.1, -0.05) is 36.4 Å². The molecule has 0 aromatic heterocycles. The Bertz CT molecular complexity index is 797. The number of carbonyl (C=O) groups excluding carboxylic acids is 2. The second kappa shape index (κ2) is 7.66. The van der Waals surface area contributed by atoms with Gasteiger partial charge in [0, 0.05) is 24.3 Å². The second-order valence-corrected chi connectivity index (χ2v) is 6.32. The van der Waals surface area contributed by atoms with E-state index in [2.05, 4.69) is 5.32 Å². The Labute approximate surface area is 151 Å². The van der Waals surface area contributed by atoms with Crippen LogP contribution >= 0.6 is 0 Å². The lowest BCUT2D eigenvalue weighted by atomic mass is 9.93. The summed E-state index contributed by atoms with van der Waals surface area (Å²) >= 11 is 0. The largest absolute Gasteiger partial charge is 0.469 e. The summed E-state index contributed by atoms with van der Waals surface area (Å²) in [4.78, 5) is 26.6. The molecule has 6 heteroatoms. The molecule has 3 unspecified atom stereocenters. The number of methoxy groups -OCH3 is 1. The number of halogens is 1. The van der Waals surface area contributed by atoms with Crippen LogP contribution < -0.4 is 10.2 Å². The second-order valence-electron chi connectivity index (χ2n) is 6.32. The van der Waals surface area contributed by atoms with E-state index in [1.165, 1.54) is 18.1 Å². The third kappa shape index (κ3) is 3.46. The number of anilines is 1. The van der Waals surface area contributed by atoms with Gasteiger partial charge in [0.1, 0.15) is 5.82 Å². The van der Waals surface area contributed by atoms with Crippen LogP contribution in [0.4, 0.5) is 10.1 Å². The molecule has 0 radical (unpaired) electrons. The molecule has 136 valence electrons. The average Bonchev–Trinajstić information content (AvgIpc) is 3.12. The molecule has 3 atom stereocenters. The molecule has 1 heterocycles. The highest BCUT2D eigenvalue weighted by molar-refractivity contribution is 5.97. The zero-order valence-electron chi connectivity index (χ0n) is 14.7. The van der Waals surface area contributed by atoms with Crippen LogP contribution in [0.5, 0.6) is 0 Å². The van der Waals surface area contributed by atoms with Crippen LogP contribution in [0.1, 0.15) is 18.0 Å². The Balaban J connectivity index is 1.85. The normalized spacial score (nSPS) is 22.0. The summed E-state index contributed by atoms with van der Waals surface area (Å²) in [6, 6.07) is 14.3. The smallest absolute Gasteiger partial charge is 0.310 e. The maximum Gasteiger partial charge on any atom is 0.310 e. The van der Waals surface area contributed by atoms with Crippen molar-refractivity contribution in [2.75, 3.05) is 19.1 Å². The van der Waals surface area contributed by atoms with Crippen molar-refractivity contribution in [3.05, 3.63) is 66.0 Å². The lowest BCUT2D eigenvalue weighted by molar-refractivity contribution is -0.145. The molecule has 1 fully saturated rings. The Morgan fingerprint density at radius 3 is 2.42 bits per heavy atom. The van der Waals surface area contributed by atoms with E-state index in [4.69, 9.17) is 4.74 Å². The number of likely N-dealkylation sites (N-methyl/N-ethyl adjacent to an activating group) is 1. The molecule has 5 nitrogen and oxygen atoms in total. The molecule has 0 aliphatic carbocycles. The standard InChI is InChI=1S/C20H21FN2O3/c1-23(13-8-4-3-5-9-13)19(24)17-12-15(20(25)26-2)18(22-17)14-10-6-7-11-16(14)21/h3-11,15,17-18,22H,12H2,1-2H3. The van der Waals surface area contributed by atoms with Crippen LogP contribution in [0.2, 0.25) is 0 Å². The number of carbonyl (C=O) groups is 2. The molecular weight excluding hydrogens is 335 g/mol. The van der Waals surface area contributed by atoms with Crippen LogP contribution in [0.3, 0.4) is 0 Å². The number of esters is 1. The summed E-state index contributed by atoms with van der Waals surface area (Å²) in [7, 11) is 2.98. The van der Waals surface area contributed by atoms with Crippen LogP contribution in [0.15, 0.2) is 54.6 Å². The molecule has 0 saturated carbocycles. The molecule has 1 amide bonds. The van der Waals surface area contributed by atoms with Gasteiger partial charge < -0.3 is 9.64 Å². The van der Waals surface area contributed by atoms with Gasteiger partial charge in [-0.15, -0.1) is 0 Å². The van der Waals surface area contributed by atoms with Crippen molar-refractivity contribution < 1.29 is 18.7 Å². The van der Waals surface area contributed by atoms with Crippen molar-refractivity contribution in [3.8, 4) is 0 Å². The number of ether oxygens (including phenoxy) is 1. The maximum absolute atomic E-state index is 14.2. The van der Waals surface area contributed by atoms with Gasteiger partial charge in [0.2, 0.25) is 5.91 Å². The highest BCUT2D eigenvalue weighted by Gasteiger charge is 2.44. The third-order valence-corrected chi connectivity index (χ3v) is 4.79. The van der Waals surface area contributed by atoms with Crippen molar-refractivity contribution in [1.82, 2.24) is 5.32 Å². The number of rotatable bonds is 4. The van der Waals surface area contributed by atoms with E-state index >= 15 is 0 Å². The Morgan fingerprint density at radius 1 is 1.12 bits per heavy atom. The lowest BCUT2D eigenvalue weighted by Gasteiger charge is -2.22. The first-order valence-corrected chi connectivity index (χ1v) is 8.44. The molecule has 1 aliphatic rings. The molecule has 1 aliphatic heterocycles. The molecular formula is C20H21FN2O3. The number of hydrogen-bond acceptors (Lipinski definition) is 4. The number of nitrogens with zero attached hydrogens (tertiary/aromatic N) is 1. The number of hydrogen-bond donors (Lipinski definition) is 1. The first-order valence-electron chi connectivity index (χ1n) is 8.44. The molecule has 2 aromatic rings. The van der Waals surface area contributed by atoms with Crippen molar-refractivity contribution in [2.45, 2.75) is 18.5 Å². The van der Waals surface area contributed by atoms with E-state index in [0.29, 0.717) is 5.56 Å². The predicted molar refractivity (Wildman–Crippen MR) is 96.0 cm³/mol. The van der Waals surface area contributed by atoms with Gasteiger partial charge in [0.25, 0.3) is 0 Å². The fourth-order valence-corrected chi connectivity index (χ4v) is 3.39. The van der Waals surface area contributed by atoms with E-state index in [9.17, 15) is 14.0 Å². The highest BCUT2D eigenvalue weighted by Crippen LogP contribution is 2.35. The molecule has 3 rings (SSSR count). The summed E-state index contributed by atoms with van der Waals surface area (Å²) < 4.78 is 19.1. The minimum Gasteiger partial charge on any atom is -0.469 e. The van der Waals surface area contributed by atoms with E-state index in [1.807, 2.05) is 30.3 Å². The van der Waals surface area contributed by atoms with Gasteiger partial charge in [0.05, 0.1) is 19.1 Å². The van der Waals surface area contributed by atoms with Gasteiger partial charge >= 0.3 is 5.97 Å². The van der Waals surface area contributed by atoms with Crippen molar-refractivity contribution in [3.63, 3.8) is 0 Å². The predicted octanol–water partition coefficient (Wildman–Crippen LogP) is 2.68. The lowest BCUT2D eigenvalue weighted by Crippen LogP contribution is -2.42. The van der Waals surface area contributed by atoms with Gasteiger partial charge in [-0.2, -0.15) is 0 Å². The van der Waals surface area contributed by atoms with Gasteiger partial charge in [-0.25, -0.2) is 4.39 Å². The van der Waals surface area contributed by atoms with Crippen molar-refractivity contribution in [1.29, 1.82) is 0 Å². The quantitative estimate of drug-likeness (QED) is 0.856. The summed E-state index contributed by atoms with van der Waals surface area (Å²) in [6.45, 7) is 0.